The first-order valence-electron chi connectivity index (χ1n) is 5.13. The second-order valence-corrected chi connectivity index (χ2v) is 5.18. The number of aromatic nitrogens is 1. The molecule has 0 aliphatic carbocycles. The van der Waals surface area contributed by atoms with Gasteiger partial charge >= 0.3 is 0 Å². The molecule has 0 atom stereocenters. The van der Waals surface area contributed by atoms with E-state index in [0.717, 1.165) is 16.4 Å². The fraction of sp³-hybridized carbons (Fsp3) is 0.167. The van der Waals surface area contributed by atoms with Crippen molar-refractivity contribution in [3.05, 3.63) is 40.9 Å². The van der Waals surface area contributed by atoms with Crippen LogP contribution in [0.25, 0.3) is 0 Å². The average Bonchev–Trinajstić information content (AvgIpc) is 2.75. The summed E-state index contributed by atoms with van der Waals surface area (Å²) in [7, 11) is 0. The van der Waals surface area contributed by atoms with Crippen molar-refractivity contribution < 1.29 is 0 Å². The maximum absolute atomic E-state index is 4.27. The summed E-state index contributed by atoms with van der Waals surface area (Å²) in [6.07, 6.45) is 3.86. The van der Waals surface area contributed by atoms with Gasteiger partial charge < -0.3 is 0 Å². The number of anilines is 1. The molecule has 17 heavy (non-hydrogen) atoms. The lowest BCUT2D eigenvalue weighted by Gasteiger charge is -1.97. The molecule has 0 saturated heterocycles. The minimum absolute atomic E-state index is 0.819. The maximum atomic E-state index is 4.27. The minimum atomic E-state index is 0.819. The lowest BCUT2D eigenvalue weighted by molar-refractivity contribution is 1.22. The molecule has 0 unspecified atom stereocenters. The van der Waals surface area contributed by atoms with Crippen LogP contribution in [-0.2, 0) is 0 Å². The Kier molecular flexibility index (Phi) is 4.17. The van der Waals surface area contributed by atoms with Crippen molar-refractivity contribution >= 4 is 34.4 Å². The van der Waals surface area contributed by atoms with Gasteiger partial charge in [0.05, 0.1) is 11.9 Å². The molecule has 1 aromatic carbocycles. The van der Waals surface area contributed by atoms with Crippen molar-refractivity contribution in [2.24, 2.45) is 5.10 Å². The number of thioether (sulfide) groups is 1. The molecule has 0 bridgehead atoms. The number of hydrogen-bond acceptors (Lipinski definition) is 5. The first-order chi connectivity index (χ1) is 8.28. The minimum Gasteiger partial charge on any atom is -0.253 e. The Morgan fingerprint density at radius 2 is 2.35 bits per heavy atom. The van der Waals surface area contributed by atoms with Gasteiger partial charge in [-0.2, -0.15) is 5.10 Å². The molecule has 0 amide bonds. The summed E-state index contributed by atoms with van der Waals surface area (Å²) in [5.41, 5.74) is 5.01. The highest BCUT2D eigenvalue weighted by molar-refractivity contribution is 7.98. The van der Waals surface area contributed by atoms with E-state index >= 15 is 0 Å². The number of hydrogen-bond donors (Lipinski definition) is 1. The Hall–Kier alpha value is -1.33. The highest BCUT2D eigenvalue weighted by Crippen LogP contribution is 2.16. The van der Waals surface area contributed by atoms with Crippen LogP contribution in [-0.4, -0.2) is 17.5 Å². The third kappa shape index (κ3) is 3.57. The van der Waals surface area contributed by atoms with Gasteiger partial charge in [-0.1, -0.05) is 12.1 Å². The third-order valence-corrected chi connectivity index (χ3v) is 3.68. The molecular weight excluding hydrogens is 250 g/mol. The normalized spacial score (nSPS) is 10.9. The van der Waals surface area contributed by atoms with Crippen molar-refractivity contribution in [3.8, 4) is 0 Å². The Bertz CT molecular complexity index is 520. The molecular formula is C12H13N3S2. The molecule has 1 heterocycles. The van der Waals surface area contributed by atoms with E-state index < -0.39 is 0 Å². The topological polar surface area (TPSA) is 37.3 Å². The third-order valence-electron chi connectivity index (χ3n) is 2.09. The van der Waals surface area contributed by atoms with Crippen LogP contribution in [0.5, 0.6) is 0 Å². The van der Waals surface area contributed by atoms with Gasteiger partial charge in [0, 0.05) is 10.3 Å². The molecule has 0 radical (unpaired) electrons. The summed E-state index contributed by atoms with van der Waals surface area (Å²) in [4.78, 5) is 5.50. The molecule has 0 spiro atoms. The van der Waals surface area contributed by atoms with Crippen LogP contribution in [0, 0.1) is 6.92 Å². The molecule has 3 nitrogen and oxygen atoms in total. The smallest absolute Gasteiger partial charge is 0.203 e. The van der Waals surface area contributed by atoms with E-state index in [1.165, 1.54) is 4.90 Å². The fourth-order valence-corrected chi connectivity index (χ4v) is 2.39. The van der Waals surface area contributed by atoms with E-state index in [9.17, 15) is 0 Å². The number of rotatable bonds is 4. The van der Waals surface area contributed by atoms with Crippen LogP contribution in [0.1, 0.15) is 11.3 Å². The van der Waals surface area contributed by atoms with Gasteiger partial charge in [-0.05, 0) is 30.9 Å². The molecule has 1 aromatic heterocycles. The Balaban J connectivity index is 2.00. The summed E-state index contributed by atoms with van der Waals surface area (Å²) in [5.74, 6) is 0. The second kappa shape index (κ2) is 5.84. The van der Waals surface area contributed by atoms with E-state index in [2.05, 4.69) is 33.9 Å². The van der Waals surface area contributed by atoms with Crippen LogP contribution in [0.2, 0.25) is 0 Å². The highest BCUT2D eigenvalue weighted by atomic mass is 32.2. The summed E-state index contributed by atoms with van der Waals surface area (Å²) in [6.45, 7) is 1.97. The van der Waals surface area contributed by atoms with Gasteiger partial charge in [-0.3, -0.25) is 5.43 Å². The zero-order valence-corrected chi connectivity index (χ0v) is 11.3. The van der Waals surface area contributed by atoms with Crippen molar-refractivity contribution in [1.82, 2.24) is 4.98 Å². The first-order valence-corrected chi connectivity index (χ1v) is 7.23. The van der Waals surface area contributed by atoms with Crippen molar-refractivity contribution in [2.75, 3.05) is 11.7 Å². The Labute approximate surface area is 109 Å². The second-order valence-electron chi connectivity index (χ2n) is 3.44. The molecule has 1 N–H and O–H groups in total. The van der Waals surface area contributed by atoms with E-state index in [1.54, 1.807) is 29.3 Å². The van der Waals surface area contributed by atoms with Gasteiger partial charge in [0.25, 0.3) is 0 Å². The Morgan fingerprint density at radius 3 is 3.06 bits per heavy atom. The number of hydrazone groups is 1. The van der Waals surface area contributed by atoms with E-state index in [0.29, 0.717) is 0 Å². The lowest BCUT2D eigenvalue weighted by atomic mass is 10.2. The van der Waals surface area contributed by atoms with Crippen LogP contribution in [0.15, 0.2) is 39.6 Å². The summed E-state index contributed by atoms with van der Waals surface area (Å²) in [6, 6.07) is 8.24. The average molecular weight is 263 g/mol. The Morgan fingerprint density at radius 1 is 1.47 bits per heavy atom. The largest absolute Gasteiger partial charge is 0.253 e. The van der Waals surface area contributed by atoms with Crippen molar-refractivity contribution in [1.29, 1.82) is 0 Å². The molecule has 88 valence electrons. The molecule has 2 aromatic rings. The van der Waals surface area contributed by atoms with Crippen molar-refractivity contribution in [2.45, 2.75) is 11.8 Å². The number of nitrogens with one attached hydrogen (secondary N) is 1. The van der Waals surface area contributed by atoms with Crippen LogP contribution >= 0.6 is 23.1 Å². The van der Waals surface area contributed by atoms with E-state index in [-0.39, 0.29) is 0 Å². The standard InChI is InChI=1S/C12H13N3S2/c1-9-8-17-12(14-9)15-13-7-10-4-3-5-11(6-10)16-2/h3-8H,1-2H3,(H,14,15). The number of aryl methyl sites for hydroxylation is 1. The fourth-order valence-electron chi connectivity index (χ4n) is 1.29. The number of benzene rings is 1. The van der Waals surface area contributed by atoms with Gasteiger partial charge in [0.1, 0.15) is 0 Å². The van der Waals surface area contributed by atoms with Gasteiger partial charge in [0.2, 0.25) is 5.13 Å². The van der Waals surface area contributed by atoms with E-state index in [4.69, 9.17) is 0 Å². The van der Waals surface area contributed by atoms with Gasteiger partial charge in [-0.15, -0.1) is 23.1 Å². The first kappa shape index (κ1) is 12.1. The predicted molar refractivity (Wildman–Crippen MR) is 76.3 cm³/mol. The predicted octanol–water partition coefficient (Wildman–Crippen LogP) is 3.62. The highest BCUT2D eigenvalue weighted by Gasteiger charge is 1.95. The summed E-state index contributed by atoms with van der Waals surface area (Å²) < 4.78 is 0. The van der Waals surface area contributed by atoms with Gasteiger partial charge in [-0.25, -0.2) is 4.98 Å². The zero-order valence-electron chi connectivity index (χ0n) is 9.68. The molecule has 0 aliphatic heterocycles. The number of nitrogens with zero attached hydrogens (tertiary/aromatic N) is 2. The van der Waals surface area contributed by atoms with Crippen LogP contribution < -0.4 is 5.43 Å². The molecule has 0 aliphatic rings. The van der Waals surface area contributed by atoms with Crippen LogP contribution in [0.3, 0.4) is 0 Å². The van der Waals surface area contributed by atoms with Crippen molar-refractivity contribution in [3.63, 3.8) is 0 Å². The lowest BCUT2D eigenvalue weighted by Crippen LogP contribution is -1.90. The zero-order chi connectivity index (χ0) is 12.1. The summed E-state index contributed by atoms with van der Waals surface area (Å²) in [5, 5.41) is 6.98. The number of thiazole rings is 1. The SMILES string of the molecule is CSc1cccc(C=NNc2nc(C)cs2)c1. The van der Waals surface area contributed by atoms with Crippen LogP contribution in [0.4, 0.5) is 5.13 Å². The molecule has 0 saturated carbocycles. The quantitative estimate of drug-likeness (QED) is 0.520. The summed E-state index contributed by atoms with van der Waals surface area (Å²) >= 11 is 3.28. The molecule has 0 fully saturated rings. The molecule has 2 rings (SSSR count). The van der Waals surface area contributed by atoms with E-state index in [1.807, 2.05) is 24.4 Å². The molecule has 5 heteroatoms. The monoisotopic (exact) mass is 263 g/mol. The van der Waals surface area contributed by atoms with Gasteiger partial charge in [0.15, 0.2) is 0 Å². The maximum Gasteiger partial charge on any atom is 0.203 e.